The third kappa shape index (κ3) is 17.8. The van der Waals surface area contributed by atoms with Crippen LogP contribution in [0.2, 0.25) is 99.7 Å². The number of hydrogen-bond acceptors (Lipinski definition) is 12. The molecule has 0 aromatic carbocycles. The van der Waals surface area contributed by atoms with E-state index in [-0.39, 0.29) is 48.9 Å². The molecule has 84 heavy (non-hydrogen) atoms. The summed E-state index contributed by atoms with van der Waals surface area (Å²) in [6, 6.07) is 6.71. The molecule has 3 heterocycles. The first-order valence-corrected chi connectivity index (χ1v) is 56.9. The van der Waals surface area contributed by atoms with Gasteiger partial charge in [-0.25, -0.2) is 0 Å². The highest BCUT2D eigenvalue weighted by Crippen LogP contribution is 2.55. The van der Waals surface area contributed by atoms with Gasteiger partial charge in [-0.2, -0.15) is 0 Å². The number of allylic oxidation sites excluding steroid dienone is 6. The average Bonchev–Trinajstić information content (AvgIpc) is 1.15. The third-order valence-electron chi connectivity index (χ3n) is 19.3. The topological polar surface area (TPSA) is 111 Å². The fraction of sp³-hybridized carbons (Fsp3) is 0.903. The Bertz CT molecular complexity index is 2020. The van der Waals surface area contributed by atoms with Crippen LogP contribution >= 0.6 is 0 Å². The van der Waals surface area contributed by atoms with Gasteiger partial charge >= 0.3 is 61.6 Å². The van der Waals surface area contributed by atoms with Crippen molar-refractivity contribution in [3.8, 4) is 0 Å². The van der Waals surface area contributed by atoms with E-state index in [1.807, 2.05) is 0 Å². The SMILES string of the molecule is C.CC(C)C[Si]1(O[Si](C)(C)CCC2CC3C=CC2C3)O[Si]2(CC(C)C)O[Si](CC(C)C)(O[Si](C)(C)CCC3CC4C=CC3C4)O[Si]3(CC(C)C)O[Si](CC(C)C)(O[Si](C)(C)CCC4CC5C=CC4C5)O[Si](CC(C)C)(O1)O[Si](CC(C)C)(O2)O3. The lowest BCUT2D eigenvalue weighted by atomic mass is 9.91. The van der Waals surface area contributed by atoms with Crippen LogP contribution in [0.5, 0.6) is 0 Å². The first kappa shape index (κ1) is 70.8. The lowest BCUT2D eigenvalue weighted by molar-refractivity contribution is 0.00635. The standard InChI is InChI=1S/C61H120O12Si10.CH4/c1-46(2)39-77(62-74(15,16)30-27-59-36-53-21-24-56(59)33-53)65-80(42-49(7)8)67-78(40-47(3)4,63-75(17,18)31-28-60-37-54-22-25-57(60)34-54)69-82(44-51(11)12)70-79(41-48(5)6,64-76(19,20)32-29-61-38-55-23-26-58(61)35-55)68-81(66-77,43-50(9)10)72-83(71-80,73-82)45-52(13)14;/h21-26,46-61H,27-45H2,1-20H3;1H4. The average molecular weight is 1340 g/mol. The molecule has 484 valence electrons. The predicted molar refractivity (Wildman–Crippen MR) is 365 cm³/mol. The van der Waals surface area contributed by atoms with Gasteiger partial charge < -0.3 is 49.4 Å². The summed E-state index contributed by atoms with van der Waals surface area (Å²) in [4.78, 5) is 0. The Labute approximate surface area is 525 Å². The van der Waals surface area contributed by atoms with Gasteiger partial charge in [0, 0.05) is 42.3 Å². The molecule has 10 bridgehead atoms. The van der Waals surface area contributed by atoms with Gasteiger partial charge in [0.05, 0.1) is 0 Å². The van der Waals surface area contributed by atoms with Crippen LogP contribution in [-0.2, 0) is 49.4 Å². The zero-order chi connectivity index (χ0) is 60.4. The van der Waals surface area contributed by atoms with Crippen molar-refractivity contribution in [1.29, 1.82) is 0 Å². The fourth-order valence-corrected chi connectivity index (χ4v) is 73.6. The minimum absolute atomic E-state index is 0. The van der Waals surface area contributed by atoms with E-state index in [4.69, 9.17) is 49.4 Å². The molecule has 3 saturated carbocycles. The van der Waals surface area contributed by atoms with Crippen LogP contribution in [-0.4, -0.2) is 86.6 Å². The zero-order valence-corrected chi connectivity index (χ0v) is 66.0. The lowest BCUT2D eigenvalue weighted by Crippen LogP contribution is -2.84. The Balaban J connectivity index is 0.00000920. The second kappa shape index (κ2) is 27.1. The molecule has 0 radical (unpaired) electrons. The van der Waals surface area contributed by atoms with Crippen molar-refractivity contribution in [2.24, 2.45) is 94.7 Å². The van der Waals surface area contributed by atoms with Gasteiger partial charge in [-0.3, -0.25) is 0 Å². The quantitative estimate of drug-likeness (QED) is 0.0525. The Kier molecular flexibility index (Phi) is 22.8. The zero-order valence-electron chi connectivity index (χ0n) is 56.0. The van der Waals surface area contributed by atoms with Gasteiger partial charge in [0.1, 0.15) is 0 Å². The van der Waals surface area contributed by atoms with Crippen molar-refractivity contribution in [3.63, 3.8) is 0 Å². The summed E-state index contributed by atoms with van der Waals surface area (Å²) in [6.45, 7) is 46.5. The van der Waals surface area contributed by atoms with E-state index in [2.05, 4.69) is 173 Å². The number of rotatable bonds is 29. The van der Waals surface area contributed by atoms with Crippen LogP contribution in [0.25, 0.3) is 0 Å². The lowest BCUT2D eigenvalue weighted by Gasteiger charge is -2.60. The Morgan fingerprint density at radius 3 is 0.714 bits per heavy atom. The molecule has 0 spiro atoms. The molecule has 12 nitrogen and oxygen atoms in total. The minimum atomic E-state index is -4.17. The van der Waals surface area contributed by atoms with Crippen LogP contribution in [0.1, 0.15) is 162 Å². The number of fused-ring (bicyclic) bond motifs is 9. The molecular weight excluding hydrogens is 1220 g/mol. The van der Waals surface area contributed by atoms with Gasteiger partial charge in [0.25, 0.3) is 0 Å². The predicted octanol–water partition coefficient (Wildman–Crippen LogP) is 18.4. The molecular formula is C62H124O12Si10. The van der Waals surface area contributed by atoms with E-state index in [1.165, 1.54) is 38.5 Å². The normalized spacial score (nSPS) is 40.0. The molecule has 9 aliphatic rings. The van der Waals surface area contributed by atoms with Crippen LogP contribution in [0, 0.1) is 94.7 Å². The summed E-state index contributed by atoms with van der Waals surface area (Å²) in [5.41, 5.74) is 0. The molecule has 9 rings (SSSR count). The Morgan fingerprint density at radius 2 is 0.536 bits per heavy atom. The van der Waals surface area contributed by atoms with Crippen molar-refractivity contribution >= 4 is 86.6 Å². The summed E-state index contributed by atoms with van der Waals surface area (Å²) < 4.78 is 101. The molecule has 0 aromatic rings. The third-order valence-corrected chi connectivity index (χ3v) is 65.8. The second-order valence-corrected chi connectivity index (χ2v) is 67.5. The van der Waals surface area contributed by atoms with E-state index in [0.29, 0.717) is 95.6 Å². The molecule has 22 heteroatoms. The fourth-order valence-electron chi connectivity index (χ4n) is 16.6. The van der Waals surface area contributed by atoms with Gasteiger partial charge in [-0.15, -0.1) is 0 Å². The Hall–Kier alpha value is 0.909. The molecule has 3 saturated heterocycles. The van der Waals surface area contributed by atoms with Crippen LogP contribution in [0.15, 0.2) is 36.5 Å². The largest absolute Gasteiger partial charge is 0.479 e. The van der Waals surface area contributed by atoms with E-state index < -0.39 is 86.6 Å². The van der Waals surface area contributed by atoms with Gasteiger partial charge in [-0.05, 0) is 191 Å². The van der Waals surface area contributed by atoms with Crippen LogP contribution in [0.3, 0.4) is 0 Å². The van der Waals surface area contributed by atoms with Crippen molar-refractivity contribution < 1.29 is 49.4 Å². The van der Waals surface area contributed by atoms with Gasteiger partial charge in [-0.1, -0.05) is 160 Å². The minimum Gasteiger partial charge on any atom is -0.416 e. The van der Waals surface area contributed by atoms with Gasteiger partial charge in [0.2, 0.25) is 0 Å². The molecule has 0 N–H and O–H groups in total. The van der Waals surface area contributed by atoms with E-state index in [0.717, 1.165) is 37.4 Å². The van der Waals surface area contributed by atoms with Crippen LogP contribution in [0.4, 0.5) is 0 Å². The van der Waals surface area contributed by atoms with E-state index in [9.17, 15) is 0 Å². The second-order valence-electron chi connectivity index (χ2n) is 33.2. The smallest absolute Gasteiger partial charge is 0.416 e. The highest BCUT2D eigenvalue weighted by atomic mass is 28.6. The highest BCUT2D eigenvalue weighted by molar-refractivity contribution is 7.01. The molecule has 0 amide bonds. The van der Waals surface area contributed by atoms with Crippen molar-refractivity contribution in [2.45, 2.75) is 262 Å². The van der Waals surface area contributed by atoms with E-state index >= 15 is 0 Å². The van der Waals surface area contributed by atoms with Crippen molar-refractivity contribution in [1.82, 2.24) is 0 Å². The first-order valence-electron chi connectivity index (χ1n) is 34.0. The monoisotopic (exact) mass is 1340 g/mol. The summed E-state index contributed by atoms with van der Waals surface area (Å²) >= 11 is 0. The van der Waals surface area contributed by atoms with Crippen molar-refractivity contribution in [2.75, 3.05) is 0 Å². The van der Waals surface area contributed by atoms with Crippen LogP contribution < -0.4 is 0 Å². The maximum absolute atomic E-state index is 8.54. The van der Waals surface area contributed by atoms with Crippen molar-refractivity contribution in [3.05, 3.63) is 36.5 Å². The summed E-state index contributed by atoms with van der Waals surface area (Å²) in [7, 11) is -36.8. The molecule has 6 aliphatic carbocycles. The van der Waals surface area contributed by atoms with Gasteiger partial charge in [0.15, 0.2) is 25.0 Å². The molecule has 9 atom stereocenters. The molecule has 3 aliphatic heterocycles. The summed E-state index contributed by atoms with van der Waals surface area (Å²) in [5.74, 6) is 6.96. The molecule has 0 aromatic heterocycles. The summed E-state index contributed by atoms with van der Waals surface area (Å²) in [6.07, 6.45) is 26.0. The molecule has 6 fully saturated rings. The Morgan fingerprint density at radius 1 is 0.321 bits per heavy atom. The number of hydrogen-bond donors (Lipinski definition) is 0. The first-order chi connectivity index (χ1) is 38.5. The maximum atomic E-state index is 8.54. The van der Waals surface area contributed by atoms with E-state index in [1.54, 1.807) is 0 Å². The molecule has 9 unspecified atom stereocenters. The summed E-state index contributed by atoms with van der Waals surface area (Å²) in [5, 5.41) is 0. The highest BCUT2D eigenvalue weighted by Gasteiger charge is 2.79. The maximum Gasteiger partial charge on any atom is 0.479 e.